The van der Waals surface area contributed by atoms with E-state index in [1.54, 1.807) is 0 Å². The van der Waals surface area contributed by atoms with Crippen molar-refractivity contribution in [2.75, 3.05) is 26.7 Å². The lowest BCUT2D eigenvalue weighted by atomic mass is 10.2. The zero-order valence-corrected chi connectivity index (χ0v) is 9.74. The molecule has 0 fully saturated rings. The molecule has 0 saturated carbocycles. The quantitative estimate of drug-likeness (QED) is 0.734. The summed E-state index contributed by atoms with van der Waals surface area (Å²) in [5.74, 6) is 0. The first-order valence-corrected chi connectivity index (χ1v) is 5.62. The van der Waals surface area contributed by atoms with E-state index in [9.17, 15) is 0 Å². The van der Waals surface area contributed by atoms with Crippen molar-refractivity contribution in [2.24, 2.45) is 0 Å². The summed E-state index contributed by atoms with van der Waals surface area (Å²) in [4.78, 5) is 6.49. The molecule has 0 aliphatic heterocycles. The van der Waals surface area contributed by atoms with E-state index >= 15 is 0 Å². The molecule has 0 aromatic carbocycles. The molecular weight excluding hydrogens is 186 g/mol. The third kappa shape index (κ3) is 4.91. The van der Waals surface area contributed by atoms with Crippen molar-refractivity contribution in [3.8, 4) is 0 Å². The number of rotatable bonds is 7. The van der Waals surface area contributed by atoms with Gasteiger partial charge in [0.1, 0.15) is 0 Å². The fourth-order valence-corrected chi connectivity index (χ4v) is 1.60. The van der Waals surface area contributed by atoms with Crippen LogP contribution < -0.4 is 5.32 Å². The Morgan fingerprint density at radius 2 is 2.00 bits per heavy atom. The van der Waals surface area contributed by atoms with E-state index in [1.165, 1.54) is 12.0 Å². The van der Waals surface area contributed by atoms with Crippen LogP contribution in [0, 0.1) is 0 Å². The minimum atomic E-state index is 1.03. The molecule has 15 heavy (non-hydrogen) atoms. The van der Waals surface area contributed by atoms with E-state index in [4.69, 9.17) is 0 Å². The Kier molecular flexibility index (Phi) is 5.97. The molecule has 1 aromatic rings. The minimum Gasteiger partial charge on any atom is -0.318 e. The van der Waals surface area contributed by atoms with E-state index in [0.717, 1.165) is 26.2 Å². The highest BCUT2D eigenvalue weighted by molar-refractivity contribution is 5.09. The molecular formula is C12H21N3. The summed E-state index contributed by atoms with van der Waals surface area (Å²) < 4.78 is 0. The fraction of sp³-hybridized carbons (Fsp3) is 0.583. The van der Waals surface area contributed by atoms with Gasteiger partial charge in [0.05, 0.1) is 0 Å². The maximum Gasteiger partial charge on any atom is 0.0271 e. The molecule has 0 atom stereocenters. The topological polar surface area (TPSA) is 28.2 Å². The van der Waals surface area contributed by atoms with Gasteiger partial charge in [-0.15, -0.1) is 0 Å². The molecule has 1 aromatic heterocycles. The normalized spacial score (nSPS) is 10.9. The van der Waals surface area contributed by atoms with Crippen LogP contribution in [0.25, 0.3) is 0 Å². The van der Waals surface area contributed by atoms with Crippen molar-refractivity contribution in [2.45, 2.75) is 19.9 Å². The van der Waals surface area contributed by atoms with Crippen LogP contribution in [0.5, 0.6) is 0 Å². The lowest BCUT2D eigenvalue weighted by Gasteiger charge is -2.21. The molecule has 1 heterocycles. The Morgan fingerprint density at radius 1 is 1.27 bits per heavy atom. The zero-order chi connectivity index (χ0) is 10.9. The van der Waals surface area contributed by atoms with Gasteiger partial charge < -0.3 is 5.32 Å². The van der Waals surface area contributed by atoms with E-state index in [1.807, 2.05) is 19.4 Å². The van der Waals surface area contributed by atoms with Gasteiger partial charge in [0.25, 0.3) is 0 Å². The second kappa shape index (κ2) is 7.37. The smallest absolute Gasteiger partial charge is 0.0271 e. The molecule has 0 aliphatic rings. The standard InChI is InChI=1S/C12H21N3/c1-3-9-15(10-8-13-2)11-12-4-6-14-7-5-12/h4-7,13H,3,8-11H2,1-2H3. The monoisotopic (exact) mass is 207 g/mol. The maximum atomic E-state index is 4.03. The SMILES string of the molecule is CCCN(CCNC)Cc1ccncc1. The van der Waals surface area contributed by atoms with Gasteiger partial charge in [-0.3, -0.25) is 9.88 Å². The second-order valence-electron chi connectivity index (χ2n) is 3.74. The van der Waals surface area contributed by atoms with Crippen LogP contribution in [-0.2, 0) is 6.54 Å². The molecule has 3 heteroatoms. The fourth-order valence-electron chi connectivity index (χ4n) is 1.60. The molecule has 3 nitrogen and oxygen atoms in total. The lowest BCUT2D eigenvalue weighted by Crippen LogP contribution is -2.31. The largest absolute Gasteiger partial charge is 0.318 e. The minimum absolute atomic E-state index is 1.03. The summed E-state index contributed by atoms with van der Waals surface area (Å²) in [5.41, 5.74) is 1.34. The average Bonchev–Trinajstić information content (AvgIpc) is 2.28. The summed E-state index contributed by atoms with van der Waals surface area (Å²) in [6, 6.07) is 4.17. The third-order valence-electron chi connectivity index (χ3n) is 2.37. The van der Waals surface area contributed by atoms with Gasteiger partial charge in [-0.05, 0) is 37.7 Å². The molecule has 0 unspecified atom stereocenters. The number of likely N-dealkylation sites (N-methyl/N-ethyl adjacent to an activating group) is 1. The first-order chi connectivity index (χ1) is 7.36. The first kappa shape index (κ1) is 12.1. The van der Waals surface area contributed by atoms with Gasteiger partial charge in [-0.25, -0.2) is 0 Å². The summed E-state index contributed by atoms with van der Waals surface area (Å²) in [6.07, 6.45) is 4.92. The van der Waals surface area contributed by atoms with Crippen molar-refractivity contribution < 1.29 is 0 Å². The zero-order valence-electron chi connectivity index (χ0n) is 9.74. The molecule has 0 aliphatic carbocycles. The maximum absolute atomic E-state index is 4.03. The molecule has 0 spiro atoms. The highest BCUT2D eigenvalue weighted by atomic mass is 15.1. The van der Waals surface area contributed by atoms with Crippen LogP contribution in [-0.4, -0.2) is 36.6 Å². The Balaban J connectivity index is 2.43. The van der Waals surface area contributed by atoms with E-state index in [-0.39, 0.29) is 0 Å². The average molecular weight is 207 g/mol. The van der Waals surface area contributed by atoms with Crippen LogP contribution in [0.1, 0.15) is 18.9 Å². The van der Waals surface area contributed by atoms with Gasteiger partial charge in [0.2, 0.25) is 0 Å². The number of pyridine rings is 1. The van der Waals surface area contributed by atoms with E-state index in [0.29, 0.717) is 0 Å². The molecule has 0 radical (unpaired) electrons. The Labute approximate surface area is 92.5 Å². The van der Waals surface area contributed by atoms with Crippen molar-refractivity contribution in [1.82, 2.24) is 15.2 Å². The van der Waals surface area contributed by atoms with Crippen LogP contribution in [0.4, 0.5) is 0 Å². The Morgan fingerprint density at radius 3 is 2.60 bits per heavy atom. The van der Waals surface area contributed by atoms with Gasteiger partial charge in [-0.1, -0.05) is 6.92 Å². The number of hydrogen-bond donors (Lipinski definition) is 1. The van der Waals surface area contributed by atoms with Gasteiger partial charge >= 0.3 is 0 Å². The number of hydrogen-bond acceptors (Lipinski definition) is 3. The molecule has 1 rings (SSSR count). The van der Waals surface area contributed by atoms with Crippen LogP contribution in [0.2, 0.25) is 0 Å². The molecule has 0 saturated heterocycles. The van der Waals surface area contributed by atoms with E-state index in [2.05, 4.69) is 34.3 Å². The highest BCUT2D eigenvalue weighted by Crippen LogP contribution is 2.03. The summed E-state index contributed by atoms with van der Waals surface area (Å²) in [7, 11) is 2.00. The highest BCUT2D eigenvalue weighted by Gasteiger charge is 2.03. The number of nitrogens with one attached hydrogen (secondary N) is 1. The predicted octanol–water partition coefficient (Wildman–Crippen LogP) is 1.51. The first-order valence-electron chi connectivity index (χ1n) is 5.62. The van der Waals surface area contributed by atoms with Gasteiger partial charge in [0.15, 0.2) is 0 Å². The van der Waals surface area contributed by atoms with Crippen LogP contribution >= 0.6 is 0 Å². The molecule has 84 valence electrons. The second-order valence-corrected chi connectivity index (χ2v) is 3.74. The molecule has 1 N–H and O–H groups in total. The van der Waals surface area contributed by atoms with Crippen molar-refractivity contribution in [3.63, 3.8) is 0 Å². The van der Waals surface area contributed by atoms with Crippen molar-refractivity contribution in [1.29, 1.82) is 0 Å². The van der Waals surface area contributed by atoms with Crippen molar-refractivity contribution in [3.05, 3.63) is 30.1 Å². The van der Waals surface area contributed by atoms with Crippen molar-refractivity contribution >= 4 is 0 Å². The number of nitrogens with zero attached hydrogens (tertiary/aromatic N) is 2. The Bertz CT molecular complexity index is 248. The molecule has 0 bridgehead atoms. The summed E-state index contributed by atoms with van der Waals surface area (Å²) >= 11 is 0. The van der Waals surface area contributed by atoms with Crippen LogP contribution in [0.15, 0.2) is 24.5 Å². The van der Waals surface area contributed by atoms with Crippen LogP contribution in [0.3, 0.4) is 0 Å². The van der Waals surface area contributed by atoms with E-state index < -0.39 is 0 Å². The lowest BCUT2D eigenvalue weighted by molar-refractivity contribution is 0.268. The van der Waals surface area contributed by atoms with Gasteiger partial charge in [0, 0.05) is 32.0 Å². The molecule has 0 amide bonds. The number of aromatic nitrogens is 1. The predicted molar refractivity (Wildman–Crippen MR) is 63.7 cm³/mol. The Hall–Kier alpha value is -0.930. The van der Waals surface area contributed by atoms with Gasteiger partial charge in [-0.2, -0.15) is 0 Å². The summed E-state index contributed by atoms with van der Waals surface area (Å²) in [6.45, 7) is 6.55. The summed E-state index contributed by atoms with van der Waals surface area (Å²) in [5, 5.41) is 3.19. The third-order valence-corrected chi connectivity index (χ3v) is 2.37.